The first-order chi connectivity index (χ1) is 8.81. The maximum Gasteiger partial charge on any atom is 0.134 e. The Balaban J connectivity index is 0.00000154. The lowest BCUT2D eigenvalue weighted by molar-refractivity contribution is 0.537. The first kappa shape index (κ1) is 17.6. The third-order valence-electron chi connectivity index (χ3n) is 2.62. The zero-order valence-electron chi connectivity index (χ0n) is 13.5. The molecule has 0 saturated heterocycles. The zero-order chi connectivity index (χ0) is 15.2. The van der Waals surface area contributed by atoms with Gasteiger partial charge in [-0.2, -0.15) is 0 Å². The van der Waals surface area contributed by atoms with E-state index >= 15 is 0 Å². The zero-order valence-corrected chi connectivity index (χ0v) is 13.5. The van der Waals surface area contributed by atoms with Crippen LogP contribution in [0.4, 0.5) is 0 Å². The van der Waals surface area contributed by atoms with Gasteiger partial charge in [-0.1, -0.05) is 67.7 Å². The fraction of sp³-hybridized carbons (Fsp3) is 0.529. The summed E-state index contributed by atoms with van der Waals surface area (Å²) in [5.41, 5.74) is 2.88. The first-order valence-corrected chi connectivity index (χ1v) is 6.98. The molecule has 1 rings (SSSR count). The minimum atomic E-state index is -0.0545. The van der Waals surface area contributed by atoms with Gasteiger partial charge < -0.3 is 0 Å². The predicted molar refractivity (Wildman–Crippen MR) is 86.4 cm³/mol. The van der Waals surface area contributed by atoms with Gasteiger partial charge in [-0.3, -0.25) is 0 Å². The summed E-state index contributed by atoms with van der Waals surface area (Å²) in [6.45, 7) is 22.3. The van der Waals surface area contributed by atoms with Crippen molar-refractivity contribution < 1.29 is 0 Å². The van der Waals surface area contributed by atoms with Crippen molar-refractivity contribution in [3.05, 3.63) is 35.9 Å². The third-order valence-corrected chi connectivity index (χ3v) is 2.62. The molecule has 0 N–H and O–H groups in total. The summed E-state index contributed by atoms with van der Waals surface area (Å²) >= 11 is 0. The van der Waals surface area contributed by atoms with Crippen molar-refractivity contribution in [2.24, 2.45) is 0 Å². The van der Waals surface area contributed by atoms with Gasteiger partial charge in [0.15, 0.2) is 0 Å². The Kier molecular flexibility index (Phi) is 6.68. The molecule has 0 saturated carbocycles. The fourth-order valence-electron chi connectivity index (χ4n) is 1.65. The van der Waals surface area contributed by atoms with Crippen LogP contribution in [-0.2, 0) is 5.41 Å². The molecule has 1 heterocycles. The molecular weight excluding hydrogens is 232 g/mol. The van der Waals surface area contributed by atoms with Gasteiger partial charge in [0.25, 0.3) is 0 Å². The monoisotopic (exact) mass is 260 g/mol. The standard InChI is InChI=1S/C15H22N2.C2H6/c1-8-11-12(9-2)16-14(15(5,6)7)17-13(11)10(3)4;1-2/h8-10H,1-2H2,3-7H3;1-2H3. The van der Waals surface area contributed by atoms with Crippen molar-refractivity contribution >= 4 is 12.2 Å². The van der Waals surface area contributed by atoms with Crippen LogP contribution in [-0.4, -0.2) is 9.97 Å². The number of aromatic nitrogens is 2. The van der Waals surface area contributed by atoms with Gasteiger partial charge in [-0.05, 0) is 12.0 Å². The van der Waals surface area contributed by atoms with E-state index in [4.69, 9.17) is 4.98 Å². The summed E-state index contributed by atoms with van der Waals surface area (Å²) in [7, 11) is 0. The number of nitrogens with zero attached hydrogens (tertiary/aromatic N) is 2. The van der Waals surface area contributed by atoms with E-state index in [1.165, 1.54) is 0 Å². The van der Waals surface area contributed by atoms with Gasteiger partial charge in [0.1, 0.15) is 5.82 Å². The first-order valence-electron chi connectivity index (χ1n) is 6.98. The van der Waals surface area contributed by atoms with E-state index in [-0.39, 0.29) is 5.41 Å². The van der Waals surface area contributed by atoms with E-state index < -0.39 is 0 Å². The minimum absolute atomic E-state index is 0.0545. The van der Waals surface area contributed by atoms with Crippen LogP contribution in [0, 0.1) is 0 Å². The lowest BCUT2D eigenvalue weighted by Gasteiger charge is -2.21. The average Bonchev–Trinajstić information content (AvgIpc) is 2.38. The molecule has 0 aromatic carbocycles. The molecule has 0 aliphatic carbocycles. The lowest BCUT2D eigenvalue weighted by atomic mass is 9.93. The largest absolute Gasteiger partial charge is 0.236 e. The van der Waals surface area contributed by atoms with Gasteiger partial charge in [0, 0.05) is 11.0 Å². The molecule has 0 atom stereocenters. The SMILES string of the molecule is C=Cc1nc(C(C)(C)C)nc(C(C)C)c1C=C.CC. The number of hydrogen-bond donors (Lipinski definition) is 0. The van der Waals surface area contributed by atoms with E-state index in [0.717, 1.165) is 22.8 Å². The lowest BCUT2D eigenvalue weighted by Crippen LogP contribution is -2.19. The van der Waals surface area contributed by atoms with E-state index in [1.807, 2.05) is 19.9 Å². The Bertz CT molecular complexity index is 437. The molecule has 0 fully saturated rings. The topological polar surface area (TPSA) is 25.8 Å². The van der Waals surface area contributed by atoms with Crippen molar-refractivity contribution in [3.63, 3.8) is 0 Å². The van der Waals surface area contributed by atoms with Crippen molar-refractivity contribution in [2.75, 3.05) is 0 Å². The molecule has 1 aromatic rings. The smallest absolute Gasteiger partial charge is 0.134 e. The average molecular weight is 260 g/mol. The summed E-state index contributed by atoms with van der Waals surface area (Å²) < 4.78 is 0. The summed E-state index contributed by atoms with van der Waals surface area (Å²) in [5, 5.41) is 0. The van der Waals surface area contributed by atoms with Gasteiger partial charge in [0.05, 0.1) is 11.4 Å². The molecule has 0 radical (unpaired) electrons. The summed E-state index contributed by atoms with van der Waals surface area (Å²) in [4.78, 5) is 9.27. The molecule has 106 valence electrons. The highest BCUT2D eigenvalue weighted by Gasteiger charge is 2.21. The highest BCUT2D eigenvalue weighted by Crippen LogP contribution is 2.26. The Morgan fingerprint density at radius 3 is 1.84 bits per heavy atom. The van der Waals surface area contributed by atoms with Crippen LogP contribution < -0.4 is 0 Å². The second-order valence-corrected chi connectivity index (χ2v) is 5.54. The van der Waals surface area contributed by atoms with E-state index in [2.05, 4.69) is 52.8 Å². The van der Waals surface area contributed by atoms with E-state index in [0.29, 0.717) is 5.92 Å². The van der Waals surface area contributed by atoms with Crippen molar-refractivity contribution in [2.45, 2.75) is 59.8 Å². The maximum atomic E-state index is 4.69. The molecule has 0 amide bonds. The molecule has 0 bridgehead atoms. The third kappa shape index (κ3) is 4.30. The molecule has 1 aromatic heterocycles. The molecule has 0 spiro atoms. The molecule has 2 nitrogen and oxygen atoms in total. The Morgan fingerprint density at radius 2 is 1.53 bits per heavy atom. The van der Waals surface area contributed by atoms with Crippen LogP contribution in [0.5, 0.6) is 0 Å². The highest BCUT2D eigenvalue weighted by atomic mass is 14.9. The second kappa shape index (κ2) is 7.22. The molecule has 19 heavy (non-hydrogen) atoms. The molecule has 0 aliphatic rings. The Labute approximate surface area is 118 Å². The van der Waals surface area contributed by atoms with Crippen LogP contribution in [0.3, 0.4) is 0 Å². The summed E-state index contributed by atoms with van der Waals surface area (Å²) in [6, 6.07) is 0. The summed E-state index contributed by atoms with van der Waals surface area (Å²) in [5.74, 6) is 1.22. The molecule has 2 heteroatoms. The van der Waals surface area contributed by atoms with Crippen LogP contribution in [0.2, 0.25) is 0 Å². The maximum absolute atomic E-state index is 4.69. The van der Waals surface area contributed by atoms with Gasteiger partial charge >= 0.3 is 0 Å². The van der Waals surface area contributed by atoms with Crippen LogP contribution >= 0.6 is 0 Å². The van der Waals surface area contributed by atoms with Gasteiger partial charge in [0.2, 0.25) is 0 Å². The predicted octanol–water partition coefficient (Wildman–Crippen LogP) is 5.21. The van der Waals surface area contributed by atoms with Gasteiger partial charge in [-0.25, -0.2) is 9.97 Å². The fourth-order valence-corrected chi connectivity index (χ4v) is 1.65. The summed E-state index contributed by atoms with van der Waals surface area (Å²) in [6.07, 6.45) is 3.60. The van der Waals surface area contributed by atoms with Crippen LogP contribution in [0.25, 0.3) is 12.2 Å². The Hall–Kier alpha value is -1.44. The van der Waals surface area contributed by atoms with Gasteiger partial charge in [-0.15, -0.1) is 0 Å². The van der Waals surface area contributed by atoms with Crippen molar-refractivity contribution in [3.8, 4) is 0 Å². The molecule has 0 unspecified atom stereocenters. The van der Waals surface area contributed by atoms with Crippen LogP contribution in [0.15, 0.2) is 13.2 Å². The highest BCUT2D eigenvalue weighted by molar-refractivity contribution is 5.63. The minimum Gasteiger partial charge on any atom is -0.236 e. The normalized spacial score (nSPS) is 10.7. The van der Waals surface area contributed by atoms with Crippen molar-refractivity contribution in [1.29, 1.82) is 0 Å². The second-order valence-electron chi connectivity index (χ2n) is 5.54. The number of hydrogen-bond acceptors (Lipinski definition) is 2. The van der Waals surface area contributed by atoms with Crippen molar-refractivity contribution in [1.82, 2.24) is 9.97 Å². The quantitative estimate of drug-likeness (QED) is 0.745. The van der Waals surface area contributed by atoms with Crippen LogP contribution in [0.1, 0.15) is 77.2 Å². The Morgan fingerprint density at radius 1 is 1.00 bits per heavy atom. The number of rotatable bonds is 3. The van der Waals surface area contributed by atoms with E-state index in [9.17, 15) is 0 Å². The van der Waals surface area contributed by atoms with E-state index in [1.54, 1.807) is 6.08 Å². The molecular formula is C17H28N2. The molecule has 0 aliphatic heterocycles.